The Morgan fingerprint density at radius 3 is 2.61 bits per heavy atom. The summed E-state index contributed by atoms with van der Waals surface area (Å²) in [6.07, 6.45) is 8.64. The first-order valence-corrected chi connectivity index (χ1v) is 10.8. The standard InChI is InChI=1S/C27H25N5O/c1-2-22-9-3-4-11-24(22)25-12-13-26(32(20-33)19-21-8-7-15-28-18-21)27(31-25)30-17-14-23-10-5-6-16-29-23/h2-13,15-16,18,20H,1,14,17,19H2,(H,30,31). The van der Waals surface area contributed by atoms with Crippen LogP contribution in [0, 0.1) is 0 Å². The van der Waals surface area contributed by atoms with Crippen LogP contribution in [0.15, 0.2) is 91.9 Å². The molecule has 0 aliphatic rings. The van der Waals surface area contributed by atoms with Gasteiger partial charge in [0.25, 0.3) is 0 Å². The lowest BCUT2D eigenvalue weighted by atomic mass is 10.0. The lowest BCUT2D eigenvalue weighted by Gasteiger charge is -2.22. The molecule has 33 heavy (non-hydrogen) atoms. The van der Waals surface area contributed by atoms with E-state index in [4.69, 9.17) is 4.98 Å². The number of anilines is 2. The van der Waals surface area contributed by atoms with Gasteiger partial charge in [0.15, 0.2) is 5.82 Å². The van der Waals surface area contributed by atoms with Gasteiger partial charge in [-0.3, -0.25) is 14.8 Å². The first-order valence-electron chi connectivity index (χ1n) is 10.8. The molecule has 4 rings (SSSR count). The maximum absolute atomic E-state index is 12.0. The van der Waals surface area contributed by atoms with Crippen LogP contribution in [0.5, 0.6) is 0 Å². The molecule has 4 aromatic rings. The number of pyridine rings is 3. The number of hydrogen-bond acceptors (Lipinski definition) is 5. The van der Waals surface area contributed by atoms with E-state index in [1.807, 2.05) is 72.8 Å². The highest BCUT2D eigenvalue weighted by atomic mass is 16.1. The Balaban J connectivity index is 1.66. The molecule has 0 radical (unpaired) electrons. The van der Waals surface area contributed by atoms with Crippen molar-refractivity contribution in [2.45, 2.75) is 13.0 Å². The minimum Gasteiger partial charge on any atom is -0.368 e. The SMILES string of the molecule is C=Cc1ccccc1-c1ccc(N(C=O)Cc2cccnc2)c(NCCc2ccccn2)n1. The zero-order chi connectivity index (χ0) is 22.9. The summed E-state index contributed by atoms with van der Waals surface area (Å²) < 4.78 is 0. The van der Waals surface area contributed by atoms with Crippen molar-refractivity contribution in [3.05, 3.63) is 109 Å². The van der Waals surface area contributed by atoms with Gasteiger partial charge in [-0.05, 0) is 41.5 Å². The molecule has 0 spiro atoms. The molecule has 6 nitrogen and oxygen atoms in total. The maximum Gasteiger partial charge on any atom is 0.214 e. The largest absolute Gasteiger partial charge is 0.368 e. The Morgan fingerprint density at radius 2 is 1.85 bits per heavy atom. The molecule has 0 saturated heterocycles. The van der Waals surface area contributed by atoms with Crippen LogP contribution in [-0.2, 0) is 17.8 Å². The van der Waals surface area contributed by atoms with Crippen molar-refractivity contribution in [1.82, 2.24) is 15.0 Å². The van der Waals surface area contributed by atoms with Crippen LogP contribution in [0.4, 0.5) is 11.5 Å². The summed E-state index contributed by atoms with van der Waals surface area (Å²) in [7, 11) is 0. The first kappa shape index (κ1) is 21.9. The molecule has 0 bridgehead atoms. The van der Waals surface area contributed by atoms with Crippen LogP contribution in [0.1, 0.15) is 16.8 Å². The predicted molar refractivity (Wildman–Crippen MR) is 133 cm³/mol. The number of rotatable bonds is 10. The summed E-state index contributed by atoms with van der Waals surface area (Å²) in [6, 6.07) is 21.5. The second kappa shape index (κ2) is 10.8. The summed E-state index contributed by atoms with van der Waals surface area (Å²) in [6.45, 7) is 4.95. The van der Waals surface area contributed by atoms with E-state index in [0.717, 1.165) is 40.9 Å². The fraction of sp³-hybridized carbons (Fsp3) is 0.111. The van der Waals surface area contributed by atoms with Crippen molar-refractivity contribution < 1.29 is 4.79 Å². The van der Waals surface area contributed by atoms with Crippen LogP contribution >= 0.6 is 0 Å². The van der Waals surface area contributed by atoms with Gasteiger partial charge in [0.2, 0.25) is 6.41 Å². The van der Waals surface area contributed by atoms with E-state index in [1.165, 1.54) is 0 Å². The molecule has 0 saturated carbocycles. The number of amides is 1. The molecule has 3 heterocycles. The fourth-order valence-corrected chi connectivity index (χ4v) is 3.59. The van der Waals surface area contributed by atoms with Gasteiger partial charge in [0.05, 0.1) is 17.9 Å². The lowest BCUT2D eigenvalue weighted by Crippen LogP contribution is -2.23. The van der Waals surface area contributed by atoms with E-state index in [-0.39, 0.29) is 0 Å². The minimum atomic E-state index is 0.399. The maximum atomic E-state index is 12.0. The third kappa shape index (κ3) is 5.49. The summed E-state index contributed by atoms with van der Waals surface area (Å²) in [4.78, 5) is 27.1. The Bertz CT molecular complexity index is 1210. The van der Waals surface area contributed by atoms with Crippen LogP contribution in [0.3, 0.4) is 0 Å². The molecule has 0 aliphatic carbocycles. The molecular formula is C27H25N5O. The third-order valence-electron chi connectivity index (χ3n) is 5.24. The molecule has 0 unspecified atom stereocenters. The first-order chi connectivity index (χ1) is 16.3. The quantitative estimate of drug-likeness (QED) is 0.355. The van der Waals surface area contributed by atoms with E-state index in [9.17, 15) is 4.79 Å². The number of benzene rings is 1. The topological polar surface area (TPSA) is 71.0 Å². The molecular weight excluding hydrogens is 410 g/mol. The van der Waals surface area contributed by atoms with Crippen LogP contribution in [0.25, 0.3) is 17.3 Å². The van der Waals surface area contributed by atoms with Crippen LogP contribution < -0.4 is 10.2 Å². The molecule has 6 heteroatoms. The molecule has 0 aliphatic heterocycles. The summed E-state index contributed by atoms with van der Waals surface area (Å²) in [5.41, 5.74) is 5.42. The summed E-state index contributed by atoms with van der Waals surface area (Å²) in [5, 5.41) is 3.42. The fourth-order valence-electron chi connectivity index (χ4n) is 3.59. The molecule has 3 aromatic heterocycles. The van der Waals surface area contributed by atoms with Crippen molar-refractivity contribution in [2.24, 2.45) is 0 Å². The normalized spacial score (nSPS) is 10.4. The number of nitrogens with zero attached hydrogens (tertiary/aromatic N) is 4. The highest BCUT2D eigenvalue weighted by molar-refractivity contribution is 5.84. The van der Waals surface area contributed by atoms with Crippen LogP contribution in [-0.4, -0.2) is 27.9 Å². The van der Waals surface area contributed by atoms with Gasteiger partial charge in [0, 0.05) is 42.8 Å². The average molecular weight is 436 g/mol. The third-order valence-corrected chi connectivity index (χ3v) is 5.24. The molecule has 1 N–H and O–H groups in total. The Morgan fingerprint density at radius 1 is 0.970 bits per heavy atom. The van der Waals surface area contributed by atoms with E-state index in [0.29, 0.717) is 24.6 Å². The van der Waals surface area contributed by atoms with Gasteiger partial charge in [-0.1, -0.05) is 49.1 Å². The lowest BCUT2D eigenvalue weighted by molar-refractivity contribution is -0.107. The van der Waals surface area contributed by atoms with Crippen molar-refractivity contribution in [1.29, 1.82) is 0 Å². The van der Waals surface area contributed by atoms with Crippen molar-refractivity contribution in [2.75, 3.05) is 16.8 Å². The Hall–Kier alpha value is -4.32. The van der Waals surface area contributed by atoms with Gasteiger partial charge in [-0.2, -0.15) is 0 Å². The van der Waals surface area contributed by atoms with Crippen molar-refractivity contribution in [3.63, 3.8) is 0 Å². The zero-order valence-corrected chi connectivity index (χ0v) is 18.3. The molecule has 0 fully saturated rings. The van der Waals surface area contributed by atoms with Gasteiger partial charge in [-0.15, -0.1) is 0 Å². The number of carbonyl (C=O) groups is 1. The summed E-state index contributed by atoms with van der Waals surface area (Å²) >= 11 is 0. The average Bonchev–Trinajstić information content (AvgIpc) is 2.88. The number of carbonyl (C=O) groups excluding carboxylic acids is 1. The Kier molecular flexibility index (Phi) is 7.18. The molecule has 0 atom stereocenters. The minimum absolute atomic E-state index is 0.399. The molecule has 1 amide bonds. The van der Waals surface area contributed by atoms with E-state index in [2.05, 4.69) is 21.9 Å². The van der Waals surface area contributed by atoms with Crippen molar-refractivity contribution in [3.8, 4) is 11.3 Å². The smallest absolute Gasteiger partial charge is 0.214 e. The van der Waals surface area contributed by atoms with E-state index in [1.54, 1.807) is 23.5 Å². The van der Waals surface area contributed by atoms with E-state index >= 15 is 0 Å². The number of nitrogens with one attached hydrogen (secondary N) is 1. The van der Waals surface area contributed by atoms with Gasteiger partial charge in [0.1, 0.15) is 0 Å². The summed E-state index contributed by atoms with van der Waals surface area (Å²) in [5.74, 6) is 0.637. The predicted octanol–water partition coefficient (Wildman–Crippen LogP) is 5.00. The van der Waals surface area contributed by atoms with Gasteiger partial charge >= 0.3 is 0 Å². The van der Waals surface area contributed by atoms with Gasteiger partial charge < -0.3 is 10.2 Å². The Labute approximate surface area is 193 Å². The zero-order valence-electron chi connectivity index (χ0n) is 18.3. The van der Waals surface area contributed by atoms with Crippen LogP contribution in [0.2, 0.25) is 0 Å². The number of aromatic nitrogens is 3. The van der Waals surface area contributed by atoms with Gasteiger partial charge in [-0.25, -0.2) is 4.98 Å². The van der Waals surface area contributed by atoms with Crippen molar-refractivity contribution >= 4 is 24.0 Å². The number of hydrogen-bond donors (Lipinski definition) is 1. The van der Waals surface area contributed by atoms with E-state index < -0.39 is 0 Å². The monoisotopic (exact) mass is 435 g/mol. The second-order valence-electron chi connectivity index (χ2n) is 7.45. The highest BCUT2D eigenvalue weighted by Crippen LogP contribution is 2.30. The second-order valence-corrected chi connectivity index (χ2v) is 7.45. The molecule has 1 aromatic carbocycles. The highest BCUT2D eigenvalue weighted by Gasteiger charge is 2.15. The molecule has 164 valence electrons.